The summed E-state index contributed by atoms with van der Waals surface area (Å²) in [5.74, 6) is 0. The second-order valence-electron chi connectivity index (χ2n) is 17.6. The van der Waals surface area contributed by atoms with Gasteiger partial charge in [0.2, 0.25) is 0 Å². The summed E-state index contributed by atoms with van der Waals surface area (Å²) >= 11 is 1.86. The van der Waals surface area contributed by atoms with Gasteiger partial charge in [-0.2, -0.15) is 0 Å². The van der Waals surface area contributed by atoms with E-state index >= 15 is 0 Å². The van der Waals surface area contributed by atoms with Crippen LogP contribution in [0.5, 0.6) is 0 Å². The van der Waals surface area contributed by atoms with Gasteiger partial charge in [-0.3, -0.25) is 0 Å². The van der Waals surface area contributed by atoms with Crippen LogP contribution in [0.15, 0.2) is 261 Å². The van der Waals surface area contributed by atoms with Crippen LogP contribution < -0.4 is 4.90 Å². The van der Waals surface area contributed by atoms with Crippen molar-refractivity contribution in [3.05, 3.63) is 283 Å². The van der Waals surface area contributed by atoms with Gasteiger partial charge < -0.3 is 4.90 Å². The highest BCUT2D eigenvalue weighted by Crippen LogP contribution is 2.57. The Morgan fingerprint density at radius 2 is 0.836 bits per heavy atom. The maximum atomic E-state index is 2.46. The van der Waals surface area contributed by atoms with E-state index in [1.165, 1.54) is 92.1 Å². The molecule has 0 amide bonds. The lowest BCUT2D eigenvalue weighted by Crippen LogP contribution is -2.28. The molecule has 11 aromatic carbocycles. The van der Waals surface area contributed by atoms with Crippen LogP contribution in [0.4, 0.5) is 17.1 Å². The van der Waals surface area contributed by atoms with E-state index in [0.29, 0.717) is 0 Å². The predicted molar refractivity (Wildman–Crippen MR) is 285 cm³/mol. The van der Waals surface area contributed by atoms with Crippen molar-refractivity contribution in [3.8, 4) is 44.5 Å². The number of hydrogen-bond donors (Lipinski definition) is 0. The number of benzene rings is 11. The van der Waals surface area contributed by atoms with Gasteiger partial charge in [0.05, 0.1) is 5.41 Å². The fourth-order valence-electron chi connectivity index (χ4n) is 10.9. The first-order chi connectivity index (χ1) is 33.2. The summed E-state index contributed by atoms with van der Waals surface area (Å²) in [6.45, 7) is 0. The lowest BCUT2D eigenvalue weighted by atomic mass is 9.67. The molecule has 2 heteroatoms. The van der Waals surface area contributed by atoms with E-state index in [1.54, 1.807) is 0 Å². The fraction of sp³-hybridized carbons (Fsp3) is 0.0154. The molecule has 1 heterocycles. The van der Waals surface area contributed by atoms with Crippen LogP contribution in [-0.2, 0) is 5.41 Å². The van der Waals surface area contributed by atoms with Crippen LogP contribution in [0.3, 0.4) is 0 Å². The summed E-state index contributed by atoms with van der Waals surface area (Å²) in [6, 6.07) is 96.4. The van der Waals surface area contributed by atoms with E-state index < -0.39 is 5.41 Å². The minimum absolute atomic E-state index is 0.519. The highest BCUT2D eigenvalue weighted by atomic mass is 32.1. The molecule has 13 rings (SSSR count). The van der Waals surface area contributed by atoms with Crippen LogP contribution in [0, 0.1) is 0 Å². The van der Waals surface area contributed by atoms with Gasteiger partial charge in [0, 0.05) is 37.2 Å². The Hall–Kier alpha value is -8.30. The Morgan fingerprint density at radius 3 is 1.66 bits per heavy atom. The lowest BCUT2D eigenvalue weighted by molar-refractivity contribution is 0.768. The fourth-order valence-corrected chi connectivity index (χ4v) is 12.0. The van der Waals surface area contributed by atoms with Crippen molar-refractivity contribution in [2.45, 2.75) is 5.41 Å². The Kier molecular flexibility index (Phi) is 9.33. The highest BCUT2D eigenvalue weighted by Gasteiger charge is 2.46. The third-order valence-electron chi connectivity index (χ3n) is 13.9. The number of fused-ring (bicyclic) bond motifs is 7. The van der Waals surface area contributed by atoms with Gasteiger partial charge in [-0.25, -0.2) is 0 Å². The van der Waals surface area contributed by atoms with Crippen LogP contribution in [0.1, 0.15) is 22.3 Å². The summed E-state index contributed by atoms with van der Waals surface area (Å²) in [5, 5.41) is 5.13. The monoisotopic (exact) mass is 869 g/mol. The standard InChI is InChI=1S/C65H43NS/c1-3-21-50(22-4-1)65(51-23-5-2-6-24-51)61-30-11-9-27-57(61)58-38-37-54(43-62(58)65)66(52-35-32-44(33-36-52)48-34-39-64-60(42-48)59-28-10-12-31-63(59)67-64)53-25-14-19-47(41-53)46-18-13-20-49(40-46)56-29-15-17-45-16-7-8-26-55(45)56/h1-43H. The molecule has 0 spiro atoms. The lowest BCUT2D eigenvalue weighted by Gasteiger charge is -2.35. The van der Waals surface area contributed by atoms with E-state index in [-0.39, 0.29) is 0 Å². The van der Waals surface area contributed by atoms with Crippen molar-refractivity contribution in [1.82, 2.24) is 0 Å². The Morgan fingerprint density at radius 1 is 0.284 bits per heavy atom. The SMILES string of the molecule is c1ccc(C2(c3ccccc3)c3ccccc3-c3ccc(N(c4ccc(-c5ccc6sc7ccccc7c6c5)cc4)c4cccc(-c5cccc(-c6cccc7ccccc67)c5)c4)cc32)cc1. The molecule has 0 fully saturated rings. The summed E-state index contributed by atoms with van der Waals surface area (Å²) < 4.78 is 2.64. The van der Waals surface area contributed by atoms with E-state index in [4.69, 9.17) is 0 Å². The molecule has 1 nitrogen and oxygen atoms in total. The van der Waals surface area contributed by atoms with Crippen LogP contribution in [0.2, 0.25) is 0 Å². The molecule has 1 aliphatic carbocycles. The zero-order valence-electron chi connectivity index (χ0n) is 36.7. The molecule has 1 aromatic heterocycles. The smallest absolute Gasteiger partial charge is 0.0714 e. The van der Waals surface area contributed by atoms with Crippen molar-refractivity contribution >= 4 is 59.3 Å². The predicted octanol–water partition coefficient (Wildman–Crippen LogP) is 18.0. The summed E-state index contributed by atoms with van der Waals surface area (Å²) in [4.78, 5) is 2.45. The number of hydrogen-bond acceptors (Lipinski definition) is 2. The zero-order valence-corrected chi connectivity index (χ0v) is 37.5. The normalized spacial score (nSPS) is 12.6. The van der Waals surface area contributed by atoms with Crippen LogP contribution in [-0.4, -0.2) is 0 Å². The largest absolute Gasteiger partial charge is 0.310 e. The second-order valence-corrected chi connectivity index (χ2v) is 18.7. The molecule has 0 unspecified atom stereocenters. The summed E-state index contributed by atoms with van der Waals surface area (Å²) in [6.07, 6.45) is 0. The number of nitrogens with zero attached hydrogens (tertiary/aromatic N) is 1. The molecule has 12 aromatic rings. The maximum absolute atomic E-state index is 2.46. The third-order valence-corrected chi connectivity index (χ3v) is 15.1. The number of thiophene rings is 1. The zero-order chi connectivity index (χ0) is 44.3. The van der Waals surface area contributed by atoms with E-state index in [2.05, 4.69) is 266 Å². The second kappa shape index (κ2) is 16.0. The number of anilines is 3. The van der Waals surface area contributed by atoms with Gasteiger partial charge in [-0.05, 0) is 138 Å². The van der Waals surface area contributed by atoms with Crippen molar-refractivity contribution in [1.29, 1.82) is 0 Å². The molecule has 0 saturated carbocycles. The molecule has 314 valence electrons. The molecule has 0 aliphatic heterocycles. The first-order valence-corrected chi connectivity index (χ1v) is 23.9. The molecule has 0 radical (unpaired) electrons. The van der Waals surface area contributed by atoms with Crippen molar-refractivity contribution < 1.29 is 0 Å². The van der Waals surface area contributed by atoms with Crippen molar-refractivity contribution in [2.24, 2.45) is 0 Å². The molecule has 67 heavy (non-hydrogen) atoms. The minimum Gasteiger partial charge on any atom is -0.310 e. The van der Waals surface area contributed by atoms with Gasteiger partial charge in [0.15, 0.2) is 0 Å². The van der Waals surface area contributed by atoms with Gasteiger partial charge in [0.1, 0.15) is 0 Å². The van der Waals surface area contributed by atoms with E-state index in [9.17, 15) is 0 Å². The first kappa shape index (κ1) is 39.1. The van der Waals surface area contributed by atoms with E-state index in [0.717, 1.165) is 22.6 Å². The summed E-state index contributed by atoms with van der Waals surface area (Å²) in [7, 11) is 0. The number of rotatable bonds is 8. The Labute approximate surface area is 395 Å². The first-order valence-electron chi connectivity index (χ1n) is 23.1. The Bertz CT molecular complexity index is 3760. The maximum Gasteiger partial charge on any atom is 0.0714 e. The van der Waals surface area contributed by atoms with Gasteiger partial charge in [-0.15, -0.1) is 11.3 Å². The van der Waals surface area contributed by atoms with Gasteiger partial charge in [-0.1, -0.05) is 200 Å². The topological polar surface area (TPSA) is 3.24 Å². The highest BCUT2D eigenvalue weighted by molar-refractivity contribution is 7.25. The average Bonchev–Trinajstić information content (AvgIpc) is 3.93. The van der Waals surface area contributed by atoms with Crippen LogP contribution in [0.25, 0.3) is 75.5 Å². The third kappa shape index (κ3) is 6.44. The molecular weight excluding hydrogens is 827 g/mol. The summed E-state index contributed by atoms with van der Waals surface area (Å²) in [5.41, 5.74) is 17.6. The molecule has 1 aliphatic rings. The minimum atomic E-state index is -0.519. The van der Waals surface area contributed by atoms with Crippen molar-refractivity contribution in [2.75, 3.05) is 4.90 Å². The van der Waals surface area contributed by atoms with Crippen molar-refractivity contribution in [3.63, 3.8) is 0 Å². The molecule has 0 atom stereocenters. The van der Waals surface area contributed by atoms with Gasteiger partial charge >= 0.3 is 0 Å². The molecular formula is C65H43NS. The Balaban J connectivity index is 0.984. The van der Waals surface area contributed by atoms with Crippen LogP contribution >= 0.6 is 11.3 Å². The van der Waals surface area contributed by atoms with Gasteiger partial charge in [0.25, 0.3) is 0 Å². The average molecular weight is 870 g/mol. The molecule has 0 N–H and O–H groups in total. The van der Waals surface area contributed by atoms with E-state index in [1.807, 2.05) is 11.3 Å². The quantitative estimate of drug-likeness (QED) is 0.147. The molecule has 0 bridgehead atoms. The molecule has 0 saturated heterocycles.